The lowest BCUT2D eigenvalue weighted by Crippen LogP contribution is -2.42. The first-order valence-corrected chi connectivity index (χ1v) is 10.3. The van der Waals surface area contributed by atoms with E-state index in [1.807, 2.05) is 0 Å². The third-order valence-electron chi connectivity index (χ3n) is 4.42. The summed E-state index contributed by atoms with van der Waals surface area (Å²) in [6.07, 6.45) is 6.54. The fraction of sp³-hybridized carbons (Fsp3) is 1.00. The first-order valence-electron chi connectivity index (χ1n) is 6.18. The molecule has 0 aromatic rings. The van der Waals surface area contributed by atoms with Crippen LogP contribution in [0.5, 0.6) is 0 Å². The molecule has 1 saturated carbocycles. The highest BCUT2D eigenvalue weighted by Crippen LogP contribution is 2.57. The SMILES string of the molecule is CC(C)C(C)(C)[Si](Cl)(Cl)C1CCCCC1. The molecule has 0 spiro atoms. The van der Waals surface area contributed by atoms with Crippen LogP contribution in [0.15, 0.2) is 0 Å². The van der Waals surface area contributed by atoms with Gasteiger partial charge in [-0.15, -0.1) is 22.2 Å². The lowest BCUT2D eigenvalue weighted by Gasteiger charge is -2.44. The van der Waals surface area contributed by atoms with Gasteiger partial charge in [-0.1, -0.05) is 59.8 Å². The second-order valence-corrected chi connectivity index (χ2v) is 13.3. The van der Waals surface area contributed by atoms with Crippen LogP contribution in [-0.4, -0.2) is 6.69 Å². The maximum atomic E-state index is 6.81. The molecule has 1 fully saturated rings. The van der Waals surface area contributed by atoms with Crippen molar-refractivity contribution in [3.05, 3.63) is 0 Å². The molecule has 0 amide bonds. The van der Waals surface area contributed by atoms with Crippen LogP contribution in [-0.2, 0) is 0 Å². The minimum Gasteiger partial charge on any atom is -0.145 e. The van der Waals surface area contributed by atoms with Crippen molar-refractivity contribution >= 4 is 28.9 Å². The molecule has 0 unspecified atom stereocenters. The number of hydrogen-bond donors (Lipinski definition) is 0. The summed E-state index contributed by atoms with van der Waals surface area (Å²) in [5.74, 6) is 0.570. The standard InChI is InChI=1S/C12H24Cl2Si/c1-10(2)12(3,4)15(13,14)11-8-6-5-7-9-11/h10-11H,5-9H2,1-4H3. The van der Waals surface area contributed by atoms with Gasteiger partial charge < -0.3 is 0 Å². The predicted molar refractivity (Wildman–Crippen MR) is 73.2 cm³/mol. The minimum absolute atomic E-state index is 0.123. The zero-order valence-electron chi connectivity index (χ0n) is 10.4. The predicted octanol–water partition coefficient (Wildman–Crippen LogP) is 5.68. The average Bonchev–Trinajstić information content (AvgIpc) is 2.18. The van der Waals surface area contributed by atoms with Gasteiger partial charge in [-0.3, -0.25) is 0 Å². The summed E-state index contributed by atoms with van der Waals surface area (Å²) >= 11 is 13.6. The first-order chi connectivity index (χ1) is 6.80. The van der Waals surface area contributed by atoms with Crippen LogP contribution in [0.3, 0.4) is 0 Å². The molecule has 0 radical (unpaired) electrons. The summed E-state index contributed by atoms with van der Waals surface area (Å²) in [5.41, 5.74) is 0.618. The Morgan fingerprint density at radius 2 is 1.53 bits per heavy atom. The van der Waals surface area contributed by atoms with E-state index in [-0.39, 0.29) is 5.04 Å². The molecule has 0 N–H and O–H groups in total. The van der Waals surface area contributed by atoms with Gasteiger partial charge in [0.1, 0.15) is 0 Å². The fourth-order valence-electron chi connectivity index (χ4n) is 2.38. The van der Waals surface area contributed by atoms with Crippen molar-refractivity contribution in [2.45, 2.75) is 70.4 Å². The Morgan fingerprint density at radius 1 is 1.07 bits per heavy atom. The van der Waals surface area contributed by atoms with Crippen molar-refractivity contribution in [3.63, 3.8) is 0 Å². The number of hydrogen-bond acceptors (Lipinski definition) is 0. The van der Waals surface area contributed by atoms with Gasteiger partial charge in [0.25, 0.3) is 6.69 Å². The van der Waals surface area contributed by atoms with Crippen LogP contribution in [0.4, 0.5) is 0 Å². The van der Waals surface area contributed by atoms with Crippen molar-refractivity contribution in [1.82, 2.24) is 0 Å². The van der Waals surface area contributed by atoms with Crippen molar-refractivity contribution in [2.24, 2.45) is 5.92 Å². The van der Waals surface area contributed by atoms with Crippen molar-refractivity contribution < 1.29 is 0 Å². The van der Waals surface area contributed by atoms with Gasteiger partial charge in [-0.25, -0.2) is 0 Å². The monoisotopic (exact) mass is 266 g/mol. The molecule has 0 atom stereocenters. The third-order valence-corrected chi connectivity index (χ3v) is 13.1. The Hall–Kier alpha value is 0.797. The quantitative estimate of drug-likeness (QED) is 0.456. The summed E-state index contributed by atoms with van der Waals surface area (Å²) in [5, 5.41) is 0.123. The summed E-state index contributed by atoms with van der Waals surface area (Å²) in [4.78, 5) is 0. The normalized spacial score (nSPS) is 21.0. The Bertz CT molecular complexity index is 206. The van der Waals surface area contributed by atoms with Gasteiger partial charge in [0.15, 0.2) is 0 Å². The maximum Gasteiger partial charge on any atom is 0.259 e. The second-order valence-electron chi connectivity index (χ2n) is 5.83. The molecule has 0 bridgehead atoms. The van der Waals surface area contributed by atoms with Crippen LogP contribution < -0.4 is 0 Å². The Balaban J connectivity index is 2.79. The molecule has 3 heteroatoms. The van der Waals surface area contributed by atoms with E-state index in [9.17, 15) is 0 Å². The summed E-state index contributed by atoms with van der Waals surface area (Å²) in [6.45, 7) is 6.87. The van der Waals surface area contributed by atoms with Crippen LogP contribution in [0.1, 0.15) is 59.8 Å². The number of halogens is 2. The third kappa shape index (κ3) is 2.73. The van der Waals surface area contributed by atoms with Crippen molar-refractivity contribution in [1.29, 1.82) is 0 Å². The van der Waals surface area contributed by atoms with Crippen LogP contribution in [0.25, 0.3) is 0 Å². The topological polar surface area (TPSA) is 0 Å². The van der Waals surface area contributed by atoms with E-state index in [0.29, 0.717) is 11.5 Å². The smallest absolute Gasteiger partial charge is 0.145 e. The lowest BCUT2D eigenvalue weighted by molar-refractivity contribution is 0.435. The Kier molecular flexibility index (Phi) is 4.60. The van der Waals surface area contributed by atoms with Gasteiger partial charge in [-0.2, -0.15) is 0 Å². The van der Waals surface area contributed by atoms with Gasteiger partial charge in [0.2, 0.25) is 0 Å². The maximum absolute atomic E-state index is 6.81. The van der Waals surface area contributed by atoms with Crippen molar-refractivity contribution in [3.8, 4) is 0 Å². The molecule has 0 nitrogen and oxygen atoms in total. The first kappa shape index (κ1) is 13.9. The molecule has 15 heavy (non-hydrogen) atoms. The minimum atomic E-state index is -2.15. The highest BCUT2D eigenvalue weighted by atomic mass is 35.7. The Labute approximate surface area is 105 Å². The molecule has 0 heterocycles. The van der Waals surface area contributed by atoms with Crippen LogP contribution >= 0.6 is 22.2 Å². The van der Waals surface area contributed by atoms with E-state index in [0.717, 1.165) is 0 Å². The average molecular weight is 267 g/mol. The molecular weight excluding hydrogens is 243 g/mol. The molecule has 1 aliphatic carbocycles. The highest BCUT2D eigenvalue weighted by molar-refractivity contribution is 7.47. The van der Waals surface area contributed by atoms with E-state index in [1.54, 1.807) is 0 Å². The molecule has 1 aliphatic rings. The molecule has 90 valence electrons. The summed E-state index contributed by atoms with van der Waals surface area (Å²) in [6, 6.07) is 0. The van der Waals surface area contributed by atoms with E-state index in [1.165, 1.54) is 32.1 Å². The molecule has 0 aromatic carbocycles. The largest absolute Gasteiger partial charge is 0.259 e. The molecule has 1 rings (SSSR count). The molecular formula is C12H24Cl2Si. The van der Waals surface area contributed by atoms with E-state index >= 15 is 0 Å². The Morgan fingerprint density at radius 3 is 1.93 bits per heavy atom. The van der Waals surface area contributed by atoms with Gasteiger partial charge in [0, 0.05) is 0 Å². The van der Waals surface area contributed by atoms with Gasteiger partial charge >= 0.3 is 0 Å². The second kappa shape index (κ2) is 4.97. The summed E-state index contributed by atoms with van der Waals surface area (Å²) < 4.78 is 0. The molecule has 0 saturated heterocycles. The molecule has 0 aromatic heterocycles. The van der Waals surface area contributed by atoms with Crippen LogP contribution in [0.2, 0.25) is 10.6 Å². The summed E-state index contributed by atoms with van der Waals surface area (Å²) in [7, 11) is 0. The molecule has 0 aliphatic heterocycles. The van der Waals surface area contributed by atoms with E-state index < -0.39 is 6.69 Å². The number of rotatable bonds is 3. The lowest BCUT2D eigenvalue weighted by atomic mass is 9.98. The van der Waals surface area contributed by atoms with Crippen molar-refractivity contribution in [2.75, 3.05) is 0 Å². The zero-order chi connectivity index (χ0) is 11.7. The van der Waals surface area contributed by atoms with E-state index in [4.69, 9.17) is 22.2 Å². The zero-order valence-corrected chi connectivity index (χ0v) is 13.0. The highest BCUT2D eigenvalue weighted by Gasteiger charge is 2.52. The fourth-order valence-corrected chi connectivity index (χ4v) is 7.95. The van der Waals surface area contributed by atoms with Crippen LogP contribution in [0, 0.1) is 5.92 Å². The van der Waals surface area contributed by atoms with Gasteiger partial charge in [-0.05, 0) is 16.5 Å². The van der Waals surface area contributed by atoms with Gasteiger partial charge in [0.05, 0.1) is 0 Å². The van der Waals surface area contributed by atoms with E-state index in [2.05, 4.69) is 27.7 Å².